The number of imidazole rings is 1. The quantitative estimate of drug-likeness (QED) is 0.328. The van der Waals surface area contributed by atoms with Crippen molar-refractivity contribution < 1.29 is 0 Å². The van der Waals surface area contributed by atoms with Gasteiger partial charge in [0, 0.05) is 4.43 Å². The molecule has 0 bridgehead atoms. The molecule has 4 rings (SSSR count). The molecule has 0 spiro atoms. The second kappa shape index (κ2) is 6.39. The predicted octanol–water partition coefficient (Wildman–Crippen LogP) is 2.70. The molecule has 1 atom stereocenters. The fraction of sp³-hybridized carbons (Fsp3) is 0.188. The maximum absolute atomic E-state index is 12.5. The van der Waals surface area contributed by atoms with Gasteiger partial charge in [0.1, 0.15) is 17.7 Å². The van der Waals surface area contributed by atoms with E-state index < -0.39 is 0 Å². The number of nitrogens with zero attached hydrogens (tertiary/aromatic N) is 4. The Kier molecular flexibility index (Phi) is 4.07. The summed E-state index contributed by atoms with van der Waals surface area (Å²) in [4.78, 5) is 35.5. The molecule has 9 heteroatoms. The summed E-state index contributed by atoms with van der Waals surface area (Å²) < 4.78 is 0.755. The molecule has 0 fully saturated rings. The number of benzene rings is 1. The van der Waals surface area contributed by atoms with Crippen LogP contribution in [0.5, 0.6) is 0 Å². The van der Waals surface area contributed by atoms with E-state index in [1.54, 1.807) is 6.33 Å². The first-order valence-corrected chi connectivity index (χ1v) is 9.18. The molecule has 8 nitrogen and oxygen atoms in total. The lowest BCUT2D eigenvalue weighted by Crippen LogP contribution is -2.19. The summed E-state index contributed by atoms with van der Waals surface area (Å²) in [7, 11) is 0. The van der Waals surface area contributed by atoms with Crippen molar-refractivity contribution in [2.75, 3.05) is 5.32 Å². The average molecular weight is 447 g/mol. The number of rotatable bonds is 4. The average Bonchev–Trinajstić information content (AvgIpc) is 3.10. The minimum atomic E-state index is -0.254. The largest absolute Gasteiger partial charge is 0.358 e. The van der Waals surface area contributed by atoms with Gasteiger partial charge in [-0.3, -0.25) is 4.79 Å². The molecule has 0 amide bonds. The number of hydrogen-bond acceptors (Lipinski definition) is 6. The number of nitrogens with one attached hydrogen (secondary N) is 3. The fourth-order valence-corrected chi connectivity index (χ4v) is 3.37. The van der Waals surface area contributed by atoms with E-state index >= 15 is 0 Å². The Bertz CT molecular complexity index is 1120. The fourth-order valence-electron chi connectivity index (χ4n) is 2.74. The van der Waals surface area contributed by atoms with Crippen LogP contribution in [-0.2, 0) is 4.43 Å². The number of anilines is 1. The molecule has 0 aliphatic heterocycles. The lowest BCUT2D eigenvalue weighted by molar-refractivity contribution is 0.786. The van der Waals surface area contributed by atoms with Crippen LogP contribution >= 0.6 is 22.6 Å². The summed E-state index contributed by atoms with van der Waals surface area (Å²) in [5.41, 5.74) is 2.83. The van der Waals surface area contributed by atoms with Gasteiger partial charge in [0.2, 0.25) is 0 Å². The van der Waals surface area contributed by atoms with Crippen LogP contribution in [0.4, 0.5) is 5.82 Å². The Morgan fingerprint density at radius 2 is 2.16 bits per heavy atom. The van der Waals surface area contributed by atoms with Crippen molar-refractivity contribution in [2.24, 2.45) is 0 Å². The summed E-state index contributed by atoms with van der Waals surface area (Å²) in [5.74, 6) is 1.13. The van der Waals surface area contributed by atoms with Gasteiger partial charge in [0.25, 0.3) is 5.56 Å². The van der Waals surface area contributed by atoms with Gasteiger partial charge in [0.15, 0.2) is 11.5 Å². The van der Waals surface area contributed by atoms with Crippen molar-refractivity contribution in [3.05, 3.63) is 52.6 Å². The number of H-pyrrole nitrogens is 2. The standard InChI is InChI=1S/C16H14IN7O/c1-8(22-15-12-14(19-6-18-12)20-7-21-15)13-23-10-4-2-3-9(5-17)11(10)16(25)24-13/h2-4,6-8H,5H2,1H3,(H,23,24,25)(H2,18,19,20,21,22). The second-order valence-electron chi connectivity index (χ2n) is 5.58. The maximum atomic E-state index is 12.5. The highest BCUT2D eigenvalue weighted by atomic mass is 127. The summed E-state index contributed by atoms with van der Waals surface area (Å²) in [6, 6.07) is 5.47. The Labute approximate surface area is 155 Å². The molecular formula is C16H14IN7O. The molecule has 0 radical (unpaired) electrons. The third-order valence-corrected chi connectivity index (χ3v) is 4.78. The van der Waals surface area contributed by atoms with Gasteiger partial charge >= 0.3 is 0 Å². The van der Waals surface area contributed by atoms with Crippen molar-refractivity contribution in [1.82, 2.24) is 29.9 Å². The normalized spacial score (nSPS) is 12.6. The zero-order chi connectivity index (χ0) is 17.4. The van der Waals surface area contributed by atoms with Crippen LogP contribution in [0.3, 0.4) is 0 Å². The molecule has 1 aromatic carbocycles. The number of halogens is 1. The lowest BCUT2D eigenvalue weighted by Gasteiger charge is -2.14. The highest BCUT2D eigenvalue weighted by molar-refractivity contribution is 14.1. The summed E-state index contributed by atoms with van der Waals surface area (Å²) in [6.07, 6.45) is 3.02. The van der Waals surface area contributed by atoms with E-state index in [0.717, 1.165) is 9.99 Å². The van der Waals surface area contributed by atoms with Crippen LogP contribution in [0.2, 0.25) is 0 Å². The Morgan fingerprint density at radius 3 is 3.00 bits per heavy atom. The number of alkyl halides is 1. The molecule has 126 valence electrons. The Balaban J connectivity index is 1.74. The first kappa shape index (κ1) is 15.9. The van der Waals surface area contributed by atoms with Gasteiger partial charge in [-0.2, -0.15) is 0 Å². The smallest absolute Gasteiger partial charge is 0.259 e. The third-order valence-electron chi connectivity index (χ3n) is 3.96. The van der Waals surface area contributed by atoms with Gasteiger partial charge in [-0.1, -0.05) is 34.7 Å². The van der Waals surface area contributed by atoms with Crippen LogP contribution in [0.25, 0.3) is 22.1 Å². The van der Waals surface area contributed by atoms with Crippen LogP contribution in [-0.4, -0.2) is 29.9 Å². The SMILES string of the molecule is CC(Nc1ncnc2[nH]cnc12)c1nc2cccc(CI)c2c(=O)[nH]1. The molecule has 0 saturated heterocycles. The minimum Gasteiger partial charge on any atom is -0.358 e. The molecule has 0 aliphatic carbocycles. The van der Waals surface area contributed by atoms with Crippen LogP contribution in [0.1, 0.15) is 24.4 Å². The van der Waals surface area contributed by atoms with Crippen molar-refractivity contribution >= 4 is 50.5 Å². The van der Waals surface area contributed by atoms with Gasteiger partial charge in [-0.05, 0) is 18.6 Å². The van der Waals surface area contributed by atoms with E-state index in [-0.39, 0.29) is 11.6 Å². The van der Waals surface area contributed by atoms with Gasteiger partial charge < -0.3 is 15.3 Å². The molecule has 3 aromatic heterocycles. The van der Waals surface area contributed by atoms with E-state index in [0.29, 0.717) is 33.7 Å². The molecular weight excluding hydrogens is 433 g/mol. The molecule has 3 N–H and O–H groups in total. The highest BCUT2D eigenvalue weighted by Crippen LogP contribution is 2.21. The van der Waals surface area contributed by atoms with Gasteiger partial charge in [0.05, 0.1) is 23.3 Å². The van der Waals surface area contributed by atoms with Crippen LogP contribution in [0, 0.1) is 0 Å². The van der Waals surface area contributed by atoms with Crippen LogP contribution < -0.4 is 10.9 Å². The molecule has 0 saturated carbocycles. The van der Waals surface area contributed by atoms with E-state index in [2.05, 4.69) is 57.8 Å². The van der Waals surface area contributed by atoms with Gasteiger partial charge in [-0.15, -0.1) is 0 Å². The minimum absolute atomic E-state index is 0.131. The zero-order valence-electron chi connectivity index (χ0n) is 13.2. The third kappa shape index (κ3) is 2.84. The summed E-state index contributed by atoms with van der Waals surface area (Å²) >= 11 is 2.25. The van der Waals surface area contributed by atoms with E-state index in [1.165, 1.54) is 6.33 Å². The Hall–Kier alpha value is -2.56. The predicted molar refractivity (Wildman–Crippen MR) is 104 cm³/mol. The first-order chi connectivity index (χ1) is 12.2. The lowest BCUT2D eigenvalue weighted by atomic mass is 10.1. The number of aromatic amines is 2. The molecule has 0 aliphatic rings. The van der Waals surface area contributed by atoms with Crippen molar-refractivity contribution in [3.63, 3.8) is 0 Å². The number of hydrogen-bond donors (Lipinski definition) is 3. The van der Waals surface area contributed by atoms with E-state index in [1.807, 2.05) is 25.1 Å². The zero-order valence-corrected chi connectivity index (χ0v) is 15.4. The second-order valence-corrected chi connectivity index (χ2v) is 6.35. The van der Waals surface area contributed by atoms with Gasteiger partial charge in [-0.25, -0.2) is 19.9 Å². The monoisotopic (exact) mass is 447 g/mol. The topological polar surface area (TPSA) is 112 Å². The number of fused-ring (bicyclic) bond motifs is 2. The summed E-state index contributed by atoms with van der Waals surface area (Å²) in [6.45, 7) is 1.91. The molecule has 25 heavy (non-hydrogen) atoms. The molecule has 1 unspecified atom stereocenters. The summed E-state index contributed by atoms with van der Waals surface area (Å²) in [5, 5.41) is 3.88. The van der Waals surface area contributed by atoms with Crippen molar-refractivity contribution in [2.45, 2.75) is 17.4 Å². The molecule has 3 heterocycles. The maximum Gasteiger partial charge on any atom is 0.259 e. The highest BCUT2D eigenvalue weighted by Gasteiger charge is 2.15. The van der Waals surface area contributed by atoms with Crippen molar-refractivity contribution in [3.8, 4) is 0 Å². The number of aromatic nitrogens is 6. The van der Waals surface area contributed by atoms with Crippen molar-refractivity contribution in [1.29, 1.82) is 0 Å². The first-order valence-electron chi connectivity index (χ1n) is 7.65. The molecule has 4 aromatic rings. The van der Waals surface area contributed by atoms with Crippen LogP contribution in [0.15, 0.2) is 35.6 Å². The van der Waals surface area contributed by atoms with E-state index in [4.69, 9.17) is 0 Å². The Morgan fingerprint density at radius 1 is 1.28 bits per heavy atom. The van der Waals surface area contributed by atoms with E-state index in [9.17, 15) is 4.79 Å².